The van der Waals surface area contributed by atoms with Gasteiger partial charge in [-0.25, -0.2) is 4.52 Å². The smallest absolute Gasteiger partial charge is 0.247 e. The third kappa shape index (κ3) is 3.17. The van der Waals surface area contributed by atoms with Gasteiger partial charge in [0, 0.05) is 34.2 Å². The van der Waals surface area contributed by atoms with Crippen LogP contribution in [0.15, 0.2) is 54.9 Å². The zero-order valence-corrected chi connectivity index (χ0v) is 14.2. The van der Waals surface area contributed by atoms with Crippen LogP contribution < -0.4 is 5.32 Å². The minimum absolute atomic E-state index is 0.137. The largest absolute Gasteiger partial charge is 0.508 e. The number of pyridine rings is 2. The van der Waals surface area contributed by atoms with Crippen molar-refractivity contribution in [1.29, 1.82) is 0 Å². The van der Waals surface area contributed by atoms with Crippen LogP contribution in [-0.4, -0.2) is 29.8 Å². The third-order valence-electron chi connectivity index (χ3n) is 3.83. The average molecular weight is 368 g/mol. The summed E-state index contributed by atoms with van der Waals surface area (Å²) in [6.45, 7) is -0.137. The highest BCUT2D eigenvalue weighted by Crippen LogP contribution is 2.31. The van der Waals surface area contributed by atoms with Gasteiger partial charge in [-0.05, 0) is 42.5 Å². The molecular formula is C18H14ClN5O2. The summed E-state index contributed by atoms with van der Waals surface area (Å²) in [5.74, 6) is 0.557. The lowest BCUT2D eigenvalue weighted by atomic mass is 10.1. The molecule has 3 heterocycles. The van der Waals surface area contributed by atoms with Gasteiger partial charge in [0.15, 0.2) is 5.65 Å². The van der Waals surface area contributed by atoms with Crippen molar-refractivity contribution in [2.45, 2.75) is 6.61 Å². The van der Waals surface area contributed by atoms with E-state index in [2.05, 4.69) is 20.4 Å². The topological polar surface area (TPSA) is 95.6 Å². The van der Waals surface area contributed by atoms with Crippen LogP contribution in [0.5, 0.6) is 5.75 Å². The van der Waals surface area contributed by atoms with Crippen molar-refractivity contribution in [2.75, 3.05) is 5.32 Å². The second kappa shape index (κ2) is 6.62. The van der Waals surface area contributed by atoms with Crippen LogP contribution in [-0.2, 0) is 6.61 Å². The number of aromatic nitrogens is 4. The molecule has 0 saturated heterocycles. The molecule has 0 fully saturated rings. The number of phenolic OH excluding ortho intramolecular Hbond substituents is 1. The van der Waals surface area contributed by atoms with E-state index in [4.69, 9.17) is 16.7 Å². The maximum absolute atomic E-state index is 9.70. The van der Waals surface area contributed by atoms with Gasteiger partial charge in [-0.2, -0.15) is 4.98 Å². The van der Waals surface area contributed by atoms with E-state index in [1.54, 1.807) is 41.2 Å². The average Bonchev–Trinajstić information content (AvgIpc) is 3.05. The molecule has 0 aliphatic carbocycles. The Kier molecular flexibility index (Phi) is 4.16. The molecule has 4 aromatic rings. The molecule has 26 heavy (non-hydrogen) atoms. The van der Waals surface area contributed by atoms with Gasteiger partial charge in [0.1, 0.15) is 5.75 Å². The maximum atomic E-state index is 9.70. The summed E-state index contributed by atoms with van der Waals surface area (Å²) in [4.78, 5) is 8.45. The molecule has 0 bridgehead atoms. The van der Waals surface area contributed by atoms with Gasteiger partial charge in [0.2, 0.25) is 5.95 Å². The minimum Gasteiger partial charge on any atom is -0.508 e. The number of halogens is 1. The molecule has 0 radical (unpaired) electrons. The fraction of sp³-hybridized carbons (Fsp3) is 0.0556. The molecule has 0 spiro atoms. The molecule has 7 nitrogen and oxygen atoms in total. The van der Waals surface area contributed by atoms with Crippen molar-refractivity contribution < 1.29 is 10.2 Å². The second-order valence-electron chi connectivity index (χ2n) is 5.64. The Morgan fingerprint density at radius 2 is 2.00 bits per heavy atom. The number of nitrogens with one attached hydrogen (secondary N) is 1. The molecular weight excluding hydrogens is 354 g/mol. The SMILES string of the molecule is OCc1cc(Nc2nc3ccc(-c4cc(O)ccc4Cl)cn3n2)ccn1. The molecule has 0 atom stereocenters. The quantitative estimate of drug-likeness (QED) is 0.511. The Morgan fingerprint density at radius 3 is 2.85 bits per heavy atom. The van der Waals surface area contributed by atoms with Crippen molar-refractivity contribution >= 4 is 28.9 Å². The Hall–Kier alpha value is -3.16. The number of aliphatic hydroxyl groups is 1. The highest BCUT2D eigenvalue weighted by Gasteiger charge is 2.09. The molecule has 130 valence electrons. The number of anilines is 2. The predicted molar refractivity (Wildman–Crippen MR) is 98.5 cm³/mol. The Balaban J connectivity index is 1.68. The van der Waals surface area contributed by atoms with E-state index in [0.717, 1.165) is 11.3 Å². The summed E-state index contributed by atoms with van der Waals surface area (Å²) in [7, 11) is 0. The van der Waals surface area contributed by atoms with Crippen molar-refractivity contribution in [1.82, 2.24) is 19.6 Å². The van der Waals surface area contributed by atoms with Crippen LogP contribution in [0.4, 0.5) is 11.6 Å². The van der Waals surface area contributed by atoms with E-state index in [1.807, 2.05) is 12.1 Å². The Morgan fingerprint density at radius 1 is 1.12 bits per heavy atom. The van der Waals surface area contributed by atoms with Gasteiger partial charge in [-0.1, -0.05) is 11.6 Å². The summed E-state index contributed by atoms with van der Waals surface area (Å²) in [6, 6.07) is 12.0. The first kappa shape index (κ1) is 16.3. The first-order chi connectivity index (χ1) is 12.6. The number of aromatic hydroxyl groups is 1. The summed E-state index contributed by atoms with van der Waals surface area (Å²) in [5.41, 5.74) is 3.46. The Labute approximate surface area is 153 Å². The molecule has 0 saturated carbocycles. The number of benzene rings is 1. The molecule has 0 aliphatic rings. The maximum Gasteiger partial charge on any atom is 0.247 e. The third-order valence-corrected chi connectivity index (χ3v) is 4.16. The van der Waals surface area contributed by atoms with Gasteiger partial charge in [-0.3, -0.25) is 4.98 Å². The fourth-order valence-corrected chi connectivity index (χ4v) is 2.83. The van der Waals surface area contributed by atoms with Crippen LogP contribution in [0.1, 0.15) is 5.69 Å². The first-order valence-electron chi connectivity index (χ1n) is 7.80. The van der Waals surface area contributed by atoms with Crippen LogP contribution in [0, 0.1) is 0 Å². The molecule has 1 aromatic carbocycles. The zero-order chi connectivity index (χ0) is 18.1. The summed E-state index contributed by atoms with van der Waals surface area (Å²) in [5, 5.41) is 26.9. The highest BCUT2D eigenvalue weighted by atomic mass is 35.5. The van der Waals surface area contributed by atoms with E-state index < -0.39 is 0 Å². The van der Waals surface area contributed by atoms with E-state index in [1.165, 1.54) is 6.07 Å². The zero-order valence-electron chi connectivity index (χ0n) is 13.5. The van der Waals surface area contributed by atoms with E-state index >= 15 is 0 Å². The fourth-order valence-electron chi connectivity index (χ4n) is 2.60. The first-order valence-corrected chi connectivity index (χ1v) is 8.18. The van der Waals surface area contributed by atoms with E-state index in [-0.39, 0.29) is 12.4 Å². The molecule has 0 aliphatic heterocycles. The second-order valence-corrected chi connectivity index (χ2v) is 6.05. The van der Waals surface area contributed by atoms with Crippen LogP contribution >= 0.6 is 11.6 Å². The lowest BCUT2D eigenvalue weighted by Crippen LogP contribution is -1.96. The van der Waals surface area contributed by atoms with Crippen molar-refractivity contribution in [3.05, 3.63) is 65.6 Å². The number of rotatable bonds is 4. The predicted octanol–water partition coefficient (Wildman–Crippen LogP) is 3.39. The number of fused-ring (bicyclic) bond motifs is 1. The van der Waals surface area contributed by atoms with Crippen molar-refractivity contribution in [3.8, 4) is 16.9 Å². The number of hydrogen-bond acceptors (Lipinski definition) is 6. The number of aliphatic hydroxyl groups excluding tert-OH is 1. The van der Waals surface area contributed by atoms with Crippen molar-refractivity contribution in [2.24, 2.45) is 0 Å². The number of hydrogen-bond donors (Lipinski definition) is 3. The van der Waals surface area contributed by atoms with E-state index in [0.29, 0.717) is 27.9 Å². The molecule has 4 rings (SSSR count). The normalized spacial score (nSPS) is 11.0. The molecule has 3 aromatic heterocycles. The van der Waals surface area contributed by atoms with Gasteiger partial charge >= 0.3 is 0 Å². The molecule has 0 unspecified atom stereocenters. The van der Waals surface area contributed by atoms with Crippen LogP contribution in [0.25, 0.3) is 16.8 Å². The van der Waals surface area contributed by atoms with Crippen molar-refractivity contribution in [3.63, 3.8) is 0 Å². The van der Waals surface area contributed by atoms with Crippen LogP contribution in [0.2, 0.25) is 5.02 Å². The number of nitrogens with zero attached hydrogens (tertiary/aromatic N) is 4. The standard InChI is InChI=1S/C18H14ClN5O2/c19-16-3-2-14(26)8-15(16)11-1-4-17-22-18(23-24(17)9-11)21-12-5-6-20-13(7-12)10-25/h1-9,25-26H,10H2,(H,20,21,23). The number of phenols is 1. The lowest BCUT2D eigenvalue weighted by Gasteiger charge is -2.05. The monoisotopic (exact) mass is 367 g/mol. The summed E-state index contributed by atoms with van der Waals surface area (Å²) in [6.07, 6.45) is 3.39. The molecule has 0 amide bonds. The lowest BCUT2D eigenvalue weighted by molar-refractivity contribution is 0.277. The molecule has 3 N–H and O–H groups in total. The van der Waals surface area contributed by atoms with Gasteiger partial charge in [-0.15, -0.1) is 5.10 Å². The van der Waals surface area contributed by atoms with Gasteiger partial charge in [0.25, 0.3) is 0 Å². The summed E-state index contributed by atoms with van der Waals surface area (Å²) < 4.78 is 1.63. The Bertz CT molecular complexity index is 1100. The van der Waals surface area contributed by atoms with Crippen LogP contribution in [0.3, 0.4) is 0 Å². The highest BCUT2D eigenvalue weighted by molar-refractivity contribution is 6.33. The van der Waals surface area contributed by atoms with E-state index in [9.17, 15) is 5.11 Å². The summed E-state index contributed by atoms with van der Waals surface area (Å²) >= 11 is 6.23. The van der Waals surface area contributed by atoms with Gasteiger partial charge in [0.05, 0.1) is 12.3 Å². The van der Waals surface area contributed by atoms with Gasteiger partial charge < -0.3 is 15.5 Å². The minimum atomic E-state index is -0.137. The molecule has 8 heteroatoms.